The zero-order valence-corrected chi connectivity index (χ0v) is 10.5. The van der Waals surface area contributed by atoms with Crippen LogP contribution in [0.3, 0.4) is 0 Å². The van der Waals surface area contributed by atoms with Gasteiger partial charge in [0, 0.05) is 12.5 Å². The summed E-state index contributed by atoms with van der Waals surface area (Å²) in [6, 6.07) is 8.58. The molecular weight excluding hydrogens is 238 g/mol. The molecule has 94 valence electrons. The van der Waals surface area contributed by atoms with Gasteiger partial charge in [0.1, 0.15) is 0 Å². The molecule has 0 amide bonds. The van der Waals surface area contributed by atoms with E-state index in [9.17, 15) is 8.42 Å². The van der Waals surface area contributed by atoms with Gasteiger partial charge in [-0.1, -0.05) is 30.3 Å². The van der Waals surface area contributed by atoms with E-state index in [-0.39, 0.29) is 24.1 Å². The van der Waals surface area contributed by atoms with Crippen LogP contribution in [-0.4, -0.2) is 20.3 Å². The van der Waals surface area contributed by atoms with Crippen molar-refractivity contribution in [2.24, 2.45) is 5.73 Å². The van der Waals surface area contributed by atoms with Crippen LogP contribution in [0.1, 0.15) is 18.9 Å². The lowest BCUT2D eigenvalue weighted by Crippen LogP contribution is -2.36. The van der Waals surface area contributed by atoms with Gasteiger partial charge in [-0.05, 0) is 12.5 Å². The Balaban J connectivity index is 2.61. The molecule has 0 radical (unpaired) electrons. The summed E-state index contributed by atoms with van der Waals surface area (Å²) in [5, 5.41) is 7.10. The Morgan fingerprint density at radius 2 is 2.00 bits per heavy atom. The minimum atomic E-state index is -3.38. The van der Waals surface area contributed by atoms with Gasteiger partial charge in [0.2, 0.25) is 10.0 Å². The Hall–Kier alpha value is -1.40. The lowest BCUT2D eigenvalue weighted by Gasteiger charge is -2.13. The molecule has 17 heavy (non-hydrogen) atoms. The third kappa shape index (κ3) is 5.46. The van der Waals surface area contributed by atoms with Crippen LogP contribution in [0, 0.1) is 5.41 Å². The third-order valence-corrected chi connectivity index (χ3v) is 3.58. The first-order valence-electron chi connectivity index (χ1n) is 5.26. The van der Waals surface area contributed by atoms with Crippen molar-refractivity contribution < 1.29 is 8.42 Å². The molecule has 0 saturated carbocycles. The molecular formula is C11H17N3O2S. The highest BCUT2D eigenvalue weighted by atomic mass is 32.2. The first-order chi connectivity index (χ1) is 7.89. The zero-order chi connectivity index (χ0) is 12.9. The predicted octanol–water partition coefficient (Wildman–Crippen LogP) is 0.821. The smallest absolute Gasteiger partial charge is 0.216 e. The molecule has 0 spiro atoms. The first kappa shape index (κ1) is 13.7. The maximum absolute atomic E-state index is 11.8. The molecule has 4 N–H and O–H groups in total. The van der Waals surface area contributed by atoms with Gasteiger partial charge in [0.05, 0.1) is 11.6 Å². The fraction of sp³-hybridized carbons (Fsp3) is 0.364. The van der Waals surface area contributed by atoms with E-state index in [1.165, 1.54) is 0 Å². The SMILES string of the molecule is CC(CC(=N)N)NS(=O)(=O)Cc1ccccc1. The second-order valence-corrected chi connectivity index (χ2v) is 5.75. The van der Waals surface area contributed by atoms with Crippen molar-refractivity contribution in [3.05, 3.63) is 35.9 Å². The van der Waals surface area contributed by atoms with E-state index in [4.69, 9.17) is 11.1 Å². The van der Waals surface area contributed by atoms with Crippen LogP contribution < -0.4 is 10.5 Å². The van der Waals surface area contributed by atoms with Gasteiger partial charge in [-0.3, -0.25) is 5.41 Å². The molecule has 1 unspecified atom stereocenters. The minimum absolute atomic E-state index is 0.0279. The summed E-state index contributed by atoms with van der Waals surface area (Å²) in [4.78, 5) is 0. The summed E-state index contributed by atoms with van der Waals surface area (Å²) < 4.78 is 26.0. The second kappa shape index (κ2) is 5.79. The average Bonchev–Trinajstić information content (AvgIpc) is 2.15. The number of hydrogen-bond acceptors (Lipinski definition) is 3. The van der Waals surface area contributed by atoms with Crippen molar-refractivity contribution in [3.63, 3.8) is 0 Å². The Morgan fingerprint density at radius 1 is 1.41 bits per heavy atom. The maximum atomic E-state index is 11.8. The van der Waals surface area contributed by atoms with Crippen molar-refractivity contribution in [3.8, 4) is 0 Å². The molecule has 1 atom stereocenters. The number of hydrogen-bond donors (Lipinski definition) is 3. The highest BCUT2D eigenvalue weighted by molar-refractivity contribution is 7.88. The van der Waals surface area contributed by atoms with Crippen LogP contribution in [0.5, 0.6) is 0 Å². The van der Waals surface area contributed by atoms with E-state index in [0.29, 0.717) is 0 Å². The van der Waals surface area contributed by atoms with Gasteiger partial charge in [-0.25, -0.2) is 13.1 Å². The number of amidine groups is 1. The lowest BCUT2D eigenvalue weighted by atomic mass is 10.2. The molecule has 6 heteroatoms. The highest BCUT2D eigenvalue weighted by Gasteiger charge is 2.15. The number of nitrogens with one attached hydrogen (secondary N) is 2. The summed E-state index contributed by atoms with van der Waals surface area (Å²) in [5.74, 6) is -0.0873. The zero-order valence-electron chi connectivity index (χ0n) is 9.68. The Morgan fingerprint density at radius 3 is 2.53 bits per heavy atom. The summed E-state index contributed by atoms with van der Waals surface area (Å²) in [5.41, 5.74) is 5.94. The standard InChI is InChI=1S/C11H17N3O2S/c1-9(7-11(12)13)14-17(15,16)8-10-5-3-2-4-6-10/h2-6,9,14H,7-8H2,1H3,(H3,12,13). The number of benzene rings is 1. The van der Waals surface area contributed by atoms with Crippen LogP contribution in [0.2, 0.25) is 0 Å². The van der Waals surface area contributed by atoms with E-state index in [2.05, 4.69) is 4.72 Å². The van der Waals surface area contributed by atoms with E-state index in [1.807, 2.05) is 6.07 Å². The van der Waals surface area contributed by atoms with Crippen LogP contribution in [0.25, 0.3) is 0 Å². The van der Waals surface area contributed by atoms with Crippen molar-refractivity contribution in [2.75, 3.05) is 0 Å². The normalized spacial score (nSPS) is 13.2. The number of sulfonamides is 1. The summed E-state index contributed by atoms with van der Waals surface area (Å²) in [6.07, 6.45) is 0.216. The van der Waals surface area contributed by atoms with E-state index < -0.39 is 10.0 Å². The Bertz CT molecular complexity index is 471. The second-order valence-electron chi connectivity index (χ2n) is 3.99. The van der Waals surface area contributed by atoms with Crippen molar-refractivity contribution in [1.29, 1.82) is 5.41 Å². The molecule has 0 aliphatic heterocycles. The largest absolute Gasteiger partial charge is 0.388 e. The molecule has 0 fully saturated rings. The maximum Gasteiger partial charge on any atom is 0.216 e. The highest BCUT2D eigenvalue weighted by Crippen LogP contribution is 2.05. The predicted molar refractivity (Wildman–Crippen MR) is 68.2 cm³/mol. The van der Waals surface area contributed by atoms with Crippen LogP contribution in [0.15, 0.2) is 30.3 Å². The van der Waals surface area contributed by atoms with E-state index >= 15 is 0 Å². The molecule has 5 nitrogen and oxygen atoms in total. The molecule has 0 aromatic heterocycles. The quantitative estimate of drug-likeness (QED) is 0.518. The summed E-state index contributed by atoms with van der Waals surface area (Å²) in [6.45, 7) is 1.68. The third-order valence-electron chi connectivity index (χ3n) is 2.11. The van der Waals surface area contributed by atoms with Crippen LogP contribution in [0.4, 0.5) is 0 Å². The van der Waals surface area contributed by atoms with Gasteiger partial charge in [-0.15, -0.1) is 0 Å². The van der Waals surface area contributed by atoms with E-state index in [1.54, 1.807) is 31.2 Å². The van der Waals surface area contributed by atoms with E-state index in [0.717, 1.165) is 5.56 Å². The molecule has 1 aromatic carbocycles. The van der Waals surface area contributed by atoms with Gasteiger partial charge < -0.3 is 5.73 Å². The lowest BCUT2D eigenvalue weighted by molar-refractivity contribution is 0.563. The fourth-order valence-corrected chi connectivity index (χ4v) is 2.92. The molecule has 0 aliphatic rings. The van der Waals surface area contributed by atoms with Gasteiger partial charge in [0.25, 0.3) is 0 Å². The fourth-order valence-electron chi connectivity index (χ4n) is 1.51. The monoisotopic (exact) mass is 255 g/mol. The van der Waals surface area contributed by atoms with Crippen LogP contribution >= 0.6 is 0 Å². The Kier molecular flexibility index (Phi) is 4.65. The average molecular weight is 255 g/mol. The summed E-state index contributed by atoms with van der Waals surface area (Å²) >= 11 is 0. The summed E-state index contributed by atoms with van der Waals surface area (Å²) in [7, 11) is -3.38. The number of nitrogens with two attached hydrogens (primary N) is 1. The van der Waals surface area contributed by atoms with Gasteiger partial charge >= 0.3 is 0 Å². The molecule has 0 aliphatic carbocycles. The Labute approximate surface area is 102 Å². The van der Waals surface area contributed by atoms with Crippen molar-refractivity contribution in [2.45, 2.75) is 25.1 Å². The molecule has 0 saturated heterocycles. The van der Waals surface area contributed by atoms with Crippen molar-refractivity contribution in [1.82, 2.24) is 4.72 Å². The minimum Gasteiger partial charge on any atom is -0.388 e. The van der Waals surface area contributed by atoms with Gasteiger partial charge in [0.15, 0.2) is 0 Å². The van der Waals surface area contributed by atoms with Crippen molar-refractivity contribution >= 4 is 15.9 Å². The molecule has 1 aromatic rings. The first-order valence-corrected chi connectivity index (χ1v) is 6.91. The number of rotatable bonds is 6. The molecule has 1 rings (SSSR count). The molecule has 0 bridgehead atoms. The molecule has 0 heterocycles. The van der Waals surface area contributed by atoms with Gasteiger partial charge in [-0.2, -0.15) is 0 Å². The van der Waals surface area contributed by atoms with Crippen LogP contribution in [-0.2, 0) is 15.8 Å². The topological polar surface area (TPSA) is 96.0 Å².